The van der Waals surface area contributed by atoms with Gasteiger partial charge in [-0.25, -0.2) is 0 Å². The molecular formula is C15H13O3-. The van der Waals surface area contributed by atoms with E-state index in [2.05, 4.69) is 0 Å². The van der Waals surface area contributed by atoms with E-state index in [9.17, 15) is 9.90 Å². The van der Waals surface area contributed by atoms with Crippen molar-refractivity contribution in [1.29, 1.82) is 0 Å². The smallest absolute Gasteiger partial charge is 0.128 e. The molecule has 2 aromatic rings. The maximum absolute atomic E-state index is 10.9. The van der Waals surface area contributed by atoms with Crippen LogP contribution in [0, 0.1) is 6.92 Å². The minimum atomic E-state index is -1.23. The lowest BCUT2D eigenvalue weighted by atomic mass is 9.99. The number of hydrogen-bond acceptors (Lipinski definition) is 3. The first-order valence-electron chi connectivity index (χ1n) is 5.59. The Bertz CT molecular complexity index is 588. The Morgan fingerprint density at radius 3 is 2.50 bits per heavy atom. The molecule has 0 unspecified atom stereocenters. The highest BCUT2D eigenvalue weighted by Crippen LogP contribution is 2.28. The van der Waals surface area contributed by atoms with Gasteiger partial charge in [0, 0.05) is 5.56 Å². The fourth-order valence-corrected chi connectivity index (χ4v) is 1.92. The van der Waals surface area contributed by atoms with E-state index in [4.69, 9.17) is 4.74 Å². The minimum Gasteiger partial charge on any atom is -0.545 e. The third-order valence-corrected chi connectivity index (χ3v) is 2.88. The van der Waals surface area contributed by atoms with Crippen LogP contribution in [0.1, 0.15) is 15.9 Å². The van der Waals surface area contributed by atoms with Crippen molar-refractivity contribution in [2.24, 2.45) is 0 Å². The summed E-state index contributed by atoms with van der Waals surface area (Å²) in [7, 11) is 1.45. The standard InChI is InChI=1S/C15H14O3/c1-10-5-3-4-6-12(10)11-7-8-13(15(16)17)14(9-11)18-2/h3-9H,1-2H3,(H,16,17)/p-1. The van der Waals surface area contributed by atoms with E-state index < -0.39 is 5.97 Å². The van der Waals surface area contributed by atoms with E-state index in [1.165, 1.54) is 13.2 Å². The van der Waals surface area contributed by atoms with Gasteiger partial charge in [0.05, 0.1) is 13.1 Å². The van der Waals surface area contributed by atoms with Gasteiger partial charge >= 0.3 is 0 Å². The molecule has 0 aliphatic heterocycles. The molecule has 0 N–H and O–H groups in total. The van der Waals surface area contributed by atoms with Gasteiger partial charge in [-0.15, -0.1) is 0 Å². The summed E-state index contributed by atoms with van der Waals surface area (Å²) in [6.07, 6.45) is 0. The van der Waals surface area contributed by atoms with Crippen LogP contribution in [0.15, 0.2) is 42.5 Å². The highest BCUT2D eigenvalue weighted by atomic mass is 16.5. The summed E-state index contributed by atoms with van der Waals surface area (Å²) in [5, 5.41) is 10.9. The molecule has 0 saturated heterocycles. The molecule has 0 radical (unpaired) electrons. The zero-order valence-electron chi connectivity index (χ0n) is 10.3. The summed E-state index contributed by atoms with van der Waals surface area (Å²) in [5.74, 6) is -0.918. The largest absolute Gasteiger partial charge is 0.545 e. The lowest BCUT2D eigenvalue weighted by Gasteiger charge is -2.12. The lowest BCUT2D eigenvalue weighted by Crippen LogP contribution is -2.22. The van der Waals surface area contributed by atoms with Crippen molar-refractivity contribution in [1.82, 2.24) is 0 Å². The summed E-state index contributed by atoms with van der Waals surface area (Å²) in [5.41, 5.74) is 3.17. The first kappa shape index (κ1) is 12.2. The Kier molecular flexibility index (Phi) is 3.33. The Balaban J connectivity index is 2.55. The molecule has 0 heterocycles. The predicted molar refractivity (Wildman–Crippen MR) is 67.5 cm³/mol. The zero-order valence-corrected chi connectivity index (χ0v) is 10.3. The number of ether oxygens (including phenoxy) is 1. The summed E-state index contributed by atoms with van der Waals surface area (Å²) in [6.45, 7) is 2.01. The second-order valence-corrected chi connectivity index (χ2v) is 4.02. The van der Waals surface area contributed by atoms with Gasteiger partial charge in [-0.05, 0) is 35.7 Å². The van der Waals surface area contributed by atoms with Gasteiger partial charge in [0.25, 0.3) is 0 Å². The Morgan fingerprint density at radius 2 is 1.89 bits per heavy atom. The predicted octanol–water partition coefficient (Wildman–Crippen LogP) is 2.03. The van der Waals surface area contributed by atoms with Crippen molar-refractivity contribution in [3.05, 3.63) is 53.6 Å². The molecule has 0 fully saturated rings. The van der Waals surface area contributed by atoms with Gasteiger partial charge in [-0.2, -0.15) is 0 Å². The molecule has 3 nitrogen and oxygen atoms in total. The molecule has 18 heavy (non-hydrogen) atoms. The first-order chi connectivity index (χ1) is 8.63. The fraction of sp³-hybridized carbons (Fsp3) is 0.133. The Morgan fingerprint density at radius 1 is 1.17 bits per heavy atom. The summed E-state index contributed by atoms with van der Waals surface area (Å²) < 4.78 is 5.09. The summed E-state index contributed by atoms with van der Waals surface area (Å²) >= 11 is 0. The lowest BCUT2D eigenvalue weighted by molar-refractivity contribution is -0.255. The maximum Gasteiger partial charge on any atom is 0.128 e. The summed E-state index contributed by atoms with van der Waals surface area (Å²) in [6, 6.07) is 12.9. The second kappa shape index (κ2) is 4.92. The number of methoxy groups -OCH3 is 1. The van der Waals surface area contributed by atoms with Crippen LogP contribution in [-0.2, 0) is 0 Å². The van der Waals surface area contributed by atoms with Crippen LogP contribution in [0.5, 0.6) is 5.75 Å². The van der Waals surface area contributed by atoms with Gasteiger partial charge < -0.3 is 14.6 Å². The average Bonchev–Trinajstić information content (AvgIpc) is 2.38. The number of carbonyl (C=O) groups is 1. The molecule has 0 amide bonds. The molecule has 92 valence electrons. The van der Waals surface area contributed by atoms with E-state index >= 15 is 0 Å². The second-order valence-electron chi connectivity index (χ2n) is 4.02. The van der Waals surface area contributed by atoms with Crippen LogP contribution in [0.3, 0.4) is 0 Å². The number of benzene rings is 2. The molecule has 3 heteroatoms. The third-order valence-electron chi connectivity index (χ3n) is 2.88. The average molecular weight is 241 g/mol. The number of rotatable bonds is 3. The van der Waals surface area contributed by atoms with Crippen molar-refractivity contribution in [2.75, 3.05) is 7.11 Å². The van der Waals surface area contributed by atoms with Crippen LogP contribution in [0.25, 0.3) is 11.1 Å². The summed E-state index contributed by atoms with van der Waals surface area (Å²) in [4.78, 5) is 10.9. The number of aromatic carboxylic acids is 1. The van der Waals surface area contributed by atoms with E-state index in [0.717, 1.165) is 16.7 Å². The highest BCUT2D eigenvalue weighted by molar-refractivity contribution is 5.90. The number of hydrogen-bond donors (Lipinski definition) is 0. The molecule has 0 saturated carbocycles. The molecule has 2 aromatic carbocycles. The van der Waals surface area contributed by atoms with Crippen LogP contribution in [0.4, 0.5) is 0 Å². The van der Waals surface area contributed by atoms with Crippen molar-refractivity contribution < 1.29 is 14.6 Å². The van der Waals surface area contributed by atoms with E-state index in [0.29, 0.717) is 5.75 Å². The SMILES string of the molecule is COc1cc(-c2ccccc2C)ccc1C(=O)[O-]. The molecule has 0 atom stereocenters. The van der Waals surface area contributed by atoms with Gasteiger partial charge in [0.1, 0.15) is 5.75 Å². The van der Waals surface area contributed by atoms with Gasteiger partial charge in [-0.3, -0.25) is 0 Å². The number of carboxylic acids is 1. The van der Waals surface area contributed by atoms with E-state index in [-0.39, 0.29) is 5.56 Å². The van der Waals surface area contributed by atoms with Crippen LogP contribution < -0.4 is 9.84 Å². The van der Waals surface area contributed by atoms with Crippen molar-refractivity contribution in [3.63, 3.8) is 0 Å². The Labute approximate surface area is 106 Å². The molecule has 2 rings (SSSR count). The van der Waals surface area contributed by atoms with Gasteiger partial charge in [0.2, 0.25) is 0 Å². The quantitative estimate of drug-likeness (QED) is 0.826. The molecule has 0 bridgehead atoms. The molecule has 0 spiro atoms. The number of aryl methyl sites for hydroxylation is 1. The molecular weight excluding hydrogens is 228 g/mol. The van der Waals surface area contributed by atoms with Crippen LogP contribution >= 0.6 is 0 Å². The van der Waals surface area contributed by atoms with Crippen molar-refractivity contribution in [3.8, 4) is 16.9 Å². The van der Waals surface area contributed by atoms with Gasteiger partial charge in [-0.1, -0.05) is 30.3 Å². The normalized spacial score (nSPS) is 10.1. The van der Waals surface area contributed by atoms with Crippen molar-refractivity contribution in [2.45, 2.75) is 6.92 Å². The molecule has 0 aromatic heterocycles. The van der Waals surface area contributed by atoms with E-state index in [1.807, 2.05) is 31.2 Å². The first-order valence-corrected chi connectivity index (χ1v) is 5.59. The molecule has 0 aliphatic rings. The maximum atomic E-state index is 10.9. The minimum absolute atomic E-state index is 0.0647. The van der Waals surface area contributed by atoms with E-state index in [1.54, 1.807) is 12.1 Å². The number of carboxylic acid groups (broad SMARTS) is 1. The fourth-order valence-electron chi connectivity index (χ4n) is 1.92. The Hall–Kier alpha value is -2.29. The van der Waals surface area contributed by atoms with Crippen LogP contribution in [0.2, 0.25) is 0 Å². The highest BCUT2D eigenvalue weighted by Gasteiger charge is 2.07. The monoisotopic (exact) mass is 241 g/mol. The van der Waals surface area contributed by atoms with Gasteiger partial charge in [0.15, 0.2) is 0 Å². The third kappa shape index (κ3) is 2.20. The zero-order chi connectivity index (χ0) is 13.1. The van der Waals surface area contributed by atoms with Crippen molar-refractivity contribution >= 4 is 5.97 Å². The van der Waals surface area contributed by atoms with Crippen LogP contribution in [-0.4, -0.2) is 13.1 Å². The molecule has 0 aliphatic carbocycles. The topological polar surface area (TPSA) is 49.4 Å². The number of carbonyl (C=O) groups excluding carboxylic acids is 1.